The number of halogens is 1. The number of nitrogens with one attached hydrogen (secondary N) is 3. The molecule has 0 saturated heterocycles. The van der Waals surface area contributed by atoms with Gasteiger partial charge in [0.25, 0.3) is 5.91 Å². The van der Waals surface area contributed by atoms with Crippen LogP contribution in [-0.2, 0) is 0 Å². The topological polar surface area (TPSA) is 66.0 Å². The molecule has 3 N–H and O–H groups in total. The largest absolute Gasteiger partial charge is 0.320 e. The lowest BCUT2D eigenvalue weighted by molar-refractivity contribution is 0.102. The van der Waals surface area contributed by atoms with Gasteiger partial charge in [-0.2, -0.15) is 0 Å². The van der Waals surface area contributed by atoms with Crippen LogP contribution in [0, 0.1) is 12.7 Å². The molecule has 0 saturated carbocycles. The Kier molecular flexibility index (Phi) is 5.83. The Morgan fingerprint density at radius 3 is 2.41 bits per heavy atom. The molecule has 29 heavy (non-hydrogen) atoms. The van der Waals surface area contributed by atoms with Crippen molar-refractivity contribution in [2.75, 3.05) is 31.5 Å². The van der Waals surface area contributed by atoms with Crippen molar-refractivity contribution in [3.63, 3.8) is 0 Å². The van der Waals surface area contributed by atoms with Crippen LogP contribution in [0.4, 0.5) is 10.1 Å². The van der Waals surface area contributed by atoms with Crippen molar-refractivity contribution in [3.05, 3.63) is 70.8 Å². The lowest BCUT2D eigenvalue weighted by Crippen LogP contribution is -2.20. The number of benzene rings is 1. The Balaban J connectivity index is 1.50. The molecule has 0 bridgehead atoms. The zero-order valence-electron chi connectivity index (χ0n) is 16.5. The van der Waals surface area contributed by atoms with E-state index in [2.05, 4.69) is 27.0 Å². The van der Waals surface area contributed by atoms with Gasteiger partial charge in [-0.1, -0.05) is 18.2 Å². The monoisotopic (exact) mass is 392 g/mol. The molecule has 0 aliphatic carbocycles. The third-order valence-corrected chi connectivity index (χ3v) is 5.40. The molecule has 0 radical (unpaired) electrons. The smallest absolute Gasteiger partial charge is 0.274 e. The predicted octanol–water partition coefficient (Wildman–Crippen LogP) is 3.53. The minimum atomic E-state index is -0.341. The van der Waals surface area contributed by atoms with Crippen LogP contribution in [0.5, 0.6) is 0 Å². The molecular formula is C23H25FN4O. The maximum absolute atomic E-state index is 14.7. The number of aryl methyl sites for hydroxylation is 1. The second kappa shape index (κ2) is 8.68. The summed E-state index contributed by atoms with van der Waals surface area (Å²) in [5.74, 6) is -0.660. The van der Waals surface area contributed by atoms with E-state index in [0.717, 1.165) is 55.7 Å². The number of aromatic nitrogens is 1. The molecule has 0 unspecified atom stereocenters. The molecular weight excluding hydrogens is 367 g/mol. The van der Waals surface area contributed by atoms with Crippen LogP contribution in [-0.4, -0.2) is 37.1 Å². The maximum Gasteiger partial charge on any atom is 0.274 e. The number of carbonyl (C=O) groups is 1. The van der Waals surface area contributed by atoms with Crippen LogP contribution in [0.1, 0.15) is 40.0 Å². The summed E-state index contributed by atoms with van der Waals surface area (Å²) in [7, 11) is 0. The maximum atomic E-state index is 14.7. The van der Waals surface area contributed by atoms with E-state index in [-0.39, 0.29) is 11.7 Å². The molecule has 1 aromatic carbocycles. The van der Waals surface area contributed by atoms with E-state index in [9.17, 15) is 9.18 Å². The highest BCUT2D eigenvalue weighted by molar-refractivity contribution is 6.03. The van der Waals surface area contributed by atoms with Crippen LogP contribution < -0.4 is 16.0 Å². The fourth-order valence-electron chi connectivity index (χ4n) is 3.72. The van der Waals surface area contributed by atoms with E-state index in [0.29, 0.717) is 16.9 Å². The van der Waals surface area contributed by atoms with Crippen LogP contribution in [0.15, 0.2) is 42.6 Å². The van der Waals surface area contributed by atoms with Crippen LogP contribution in [0.25, 0.3) is 11.1 Å². The summed E-state index contributed by atoms with van der Waals surface area (Å²) in [4.78, 5) is 16.9. The first-order valence-corrected chi connectivity index (χ1v) is 9.99. The number of amides is 1. The number of nitrogens with zero attached hydrogens (tertiary/aromatic N) is 1. The second-order valence-corrected chi connectivity index (χ2v) is 7.40. The summed E-state index contributed by atoms with van der Waals surface area (Å²) < 4.78 is 14.7. The highest BCUT2D eigenvalue weighted by Crippen LogP contribution is 2.28. The summed E-state index contributed by atoms with van der Waals surface area (Å²) in [6, 6.07) is 6.84. The fraction of sp³-hybridized carbons (Fsp3) is 0.304. The van der Waals surface area contributed by atoms with Gasteiger partial charge in [0.1, 0.15) is 11.5 Å². The molecule has 0 atom stereocenters. The summed E-state index contributed by atoms with van der Waals surface area (Å²) >= 11 is 0. The van der Waals surface area contributed by atoms with E-state index in [4.69, 9.17) is 0 Å². The molecule has 1 aromatic heterocycles. The van der Waals surface area contributed by atoms with E-state index in [1.54, 1.807) is 12.3 Å². The van der Waals surface area contributed by atoms with Gasteiger partial charge < -0.3 is 16.0 Å². The number of rotatable bonds is 4. The highest BCUT2D eigenvalue weighted by Gasteiger charge is 2.16. The standard InChI is InChI=1S/C23H25FN4O/c1-15-12-19(17-6-10-26-11-7-17)20(24)13-22(15)28-23(29)21-3-2-18(14-27-21)16-4-8-25-9-5-16/h2-4,6,12-14,25-26H,5,7-11H2,1H3,(H,28,29). The van der Waals surface area contributed by atoms with Crippen molar-refractivity contribution < 1.29 is 9.18 Å². The molecule has 2 aromatic rings. The number of hydrogen-bond donors (Lipinski definition) is 3. The average molecular weight is 392 g/mol. The van der Waals surface area contributed by atoms with E-state index < -0.39 is 0 Å². The zero-order chi connectivity index (χ0) is 20.2. The van der Waals surface area contributed by atoms with Gasteiger partial charge in [0.15, 0.2) is 0 Å². The third-order valence-electron chi connectivity index (χ3n) is 5.40. The van der Waals surface area contributed by atoms with Crippen molar-refractivity contribution >= 4 is 22.7 Å². The quantitative estimate of drug-likeness (QED) is 0.745. The van der Waals surface area contributed by atoms with Crippen molar-refractivity contribution in [1.82, 2.24) is 15.6 Å². The first-order valence-electron chi connectivity index (χ1n) is 9.99. The minimum Gasteiger partial charge on any atom is -0.320 e. The van der Waals surface area contributed by atoms with E-state index in [1.165, 1.54) is 11.6 Å². The molecule has 1 amide bonds. The van der Waals surface area contributed by atoms with Gasteiger partial charge in [0.2, 0.25) is 0 Å². The summed E-state index contributed by atoms with van der Waals surface area (Å²) in [5.41, 5.74) is 5.50. The Morgan fingerprint density at radius 1 is 1.07 bits per heavy atom. The third kappa shape index (κ3) is 4.44. The summed E-state index contributed by atoms with van der Waals surface area (Å²) in [6.45, 7) is 5.27. The van der Waals surface area contributed by atoms with Gasteiger partial charge in [-0.15, -0.1) is 0 Å². The highest BCUT2D eigenvalue weighted by atomic mass is 19.1. The number of anilines is 1. The average Bonchev–Trinajstić information content (AvgIpc) is 2.77. The normalized spacial score (nSPS) is 16.8. The van der Waals surface area contributed by atoms with Gasteiger partial charge in [-0.05, 0) is 73.3 Å². The first kappa shape index (κ1) is 19.5. The molecule has 3 heterocycles. The summed E-state index contributed by atoms with van der Waals surface area (Å²) in [6.07, 6.45) is 7.64. The Morgan fingerprint density at radius 2 is 1.79 bits per heavy atom. The molecule has 6 heteroatoms. The predicted molar refractivity (Wildman–Crippen MR) is 114 cm³/mol. The fourth-order valence-corrected chi connectivity index (χ4v) is 3.72. The lowest BCUT2D eigenvalue weighted by Gasteiger charge is -2.17. The number of carbonyl (C=O) groups excluding carboxylic acids is 1. The molecule has 4 rings (SSSR count). The zero-order valence-corrected chi connectivity index (χ0v) is 16.5. The lowest BCUT2D eigenvalue weighted by atomic mass is 9.97. The number of pyridine rings is 1. The molecule has 0 fully saturated rings. The first-order chi connectivity index (χ1) is 14.1. The van der Waals surface area contributed by atoms with Gasteiger partial charge in [0, 0.05) is 30.5 Å². The Bertz CT molecular complexity index is 979. The molecule has 150 valence electrons. The van der Waals surface area contributed by atoms with Crippen LogP contribution in [0.2, 0.25) is 0 Å². The molecule has 2 aliphatic heterocycles. The van der Waals surface area contributed by atoms with Gasteiger partial charge >= 0.3 is 0 Å². The summed E-state index contributed by atoms with van der Waals surface area (Å²) in [5, 5.41) is 9.31. The SMILES string of the molecule is Cc1cc(C2=CCNCC2)c(F)cc1NC(=O)c1ccc(C2=CCNCC2)cn1. The molecule has 5 nitrogen and oxygen atoms in total. The van der Waals surface area contributed by atoms with Crippen molar-refractivity contribution in [1.29, 1.82) is 0 Å². The van der Waals surface area contributed by atoms with E-state index >= 15 is 0 Å². The van der Waals surface area contributed by atoms with Gasteiger partial charge in [-0.25, -0.2) is 4.39 Å². The molecule has 2 aliphatic rings. The second-order valence-electron chi connectivity index (χ2n) is 7.40. The van der Waals surface area contributed by atoms with Crippen molar-refractivity contribution in [3.8, 4) is 0 Å². The Labute approximate surface area is 170 Å². The minimum absolute atomic E-state index is 0.313. The van der Waals surface area contributed by atoms with Gasteiger partial charge in [-0.3, -0.25) is 9.78 Å². The molecule has 0 spiro atoms. The van der Waals surface area contributed by atoms with Crippen LogP contribution >= 0.6 is 0 Å². The van der Waals surface area contributed by atoms with Crippen molar-refractivity contribution in [2.24, 2.45) is 0 Å². The van der Waals surface area contributed by atoms with Gasteiger partial charge in [0.05, 0.1) is 0 Å². The Hall–Kier alpha value is -2.83. The van der Waals surface area contributed by atoms with E-state index in [1.807, 2.05) is 25.1 Å². The van der Waals surface area contributed by atoms with Crippen molar-refractivity contribution in [2.45, 2.75) is 19.8 Å². The van der Waals surface area contributed by atoms with Crippen LogP contribution in [0.3, 0.4) is 0 Å². The number of hydrogen-bond acceptors (Lipinski definition) is 4.